The van der Waals surface area contributed by atoms with Crippen molar-refractivity contribution in [2.45, 2.75) is 89.2 Å². The van der Waals surface area contributed by atoms with Gasteiger partial charge in [-0.1, -0.05) is 13.8 Å². The van der Waals surface area contributed by atoms with Crippen LogP contribution in [0.5, 0.6) is 0 Å². The van der Waals surface area contributed by atoms with Gasteiger partial charge in [0.15, 0.2) is 0 Å². The van der Waals surface area contributed by atoms with Crippen LogP contribution in [0.25, 0.3) is 0 Å². The molecule has 0 heterocycles. The maximum atomic E-state index is 10.1. The first-order valence-corrected chi connectivity index (χ1v) is 8.86. The fraction of sp³-hybridized carbons (Fsp3) is 1.00. The van der Waals surface area contributed by atoms with Crippen molar-refractivity contribution < 1.29 is 40.9 Å². The Kier molecular flexibility index (Phi) is 12.0. The van der Waals surface area contributed by atoms with Gasteiger partial charge in [0.05, 0.1) is 49.3 Å². The lowest BCUT2D eigenvalue weighted by atomic mass is 9.84. The van der Waals surface area contributed by atoms with E-state index in [4.69, 9.17) is 5.11 Å². The molecule has 9 atom stereocenters. The zero-order chi connectivity index (χ0) is 19.7. The summed E-state index contributed by atoms with van der Waals surface area (Å²) in [5.41, 5.74) is 0. The van der Waals surface area contributed by atoms with Gasteiger partial charge in [0, 0.05) is 18.3 Å². The average molecular weight is 368 g/mol. The maximum Gasteiger partial charge on any atom is 0.0795 e. The van der Waals surface area contributed by atoms with Gasteiger partial charge in [0.1, 0.15) is 0 Å². The van der Waals surface area contributed by atoms with Gasteiger partial charge in [0.2, 0.25) is 0 Å². The SMILES string of the molecule is CC(O)C(C)C(O)C(C)C(O)CC(O)CC(O)CC(O)CC(O)CO. The van der Waals surface area contributed by atoms with Gasteiger partial charge in [0.25, 0.3) is 0 Å². The molecular weight excluding hydrogens is 332 g/mol. The molecule has 0 rings (SSSR count). The number of hydrogen-bond donors (Lipinski definition) is 8. The molecule has 0 aromatic rings. The van der Waals surface area contributed by atoms with Gasteiger partial charge in [-0.15, -0.1) is 0 Å². The highest BCUT2D eigenvalue weighted by Crippen LogP contribution is 2.23. The second-order valence-electron chi connectivity index (χ2n) is 7.26. The molecule has 8 N–H and O–H groups in total. The van der Waals surface area contributed by atoms with Crippen molar-refractivity contribution in [2.75, 3.05) is 6.61 Å². The molecule has 0 aromatic heterocycles. The van der Waals surface area contributed by atoms with Crippen LogP contribution in [0.1, 0.15) is 46.5 Å². The highest BCUT2D eigenvalue weighted by atomic mass is 16.3. The van der Waals surface area contributed by atoms with Crippen LogP contribution >= 0.6 is 0 Å². The first-order valence-electron chi connectivity index (χ1n) is 8.86. The summed E-state index contributed by atoms with van der Waals surface area (Å²) in [6.07, 6.45) is -7.09. The summed E-state index contributed by atoms with van der Waals surface area (Å²) in [6, 6.07) is 0. The number of hydrogen-bond acceptors (Lipinski definition) is 8. The molecule has 8 heteroatoms. The van der Waals surface area contributed by atoms with E-state index in [1.807, 2.05) is 0 Å². The Morgan fingerprint density at radius 3 is 1.36 bits per heavy atom. The Morgan fingerprint density at radius 2 is 0.960 bits per heavy atom. The van der Waals surface area contributed by atoms with Gasteiger partial charge < -0.3 is 40.9 Å². The van der Waals surface area contributed by atoms with Crippen molar-refractivity contribution in [3.8, 4) is 0 Å². The second-order valence-corrected chi connectivity index (χ2v) is 7.26. The van der Waals surface area contributed by atoms with Gasteiger partial charge in [-0.3, -0.25) is 0 Å². The van der Waals surface area contributed by atoms with E-state index < -0.39 is 61.2 Å². The zero-order valence-electron chi connectivity index (χ0n) is 15.3. The Balaban J connectivity index is 4.32. The third-order valence-corrected chi connectivity index (χ3v) is 4.80. The van der Waals surface area contributed by atoms with Crippen molar-refractivity contribution in [2.24, 2.45) is 11.8 Å². The summed E-state index contributed by atoms with van der Waals surface area (Å²) in [6.45, 7) is 4.36. The standard InChI is InChI=1S/C17H36O8/c1-9(11(3)19)17(25)10(2)16(24)7-14(22)5-12(20)4-13(21)6-15(23)8-18/h9-25H,4-8H2,1-3H3. The predicted molar refractivity (Wildman–Crippen MR) is 91.6 cm³/mol. The normalized spacial score (nSPS) is 23.2. The molecule has 0 radical (unpaired) electrons. The van der Waals surface area contributed by atoms with E-state index in [-0.39, 0.29) is 25.7 Å². The first kappa shape index (κ1) is 24.7. The van der Waals surface area contributed by atoms with Crippen molar-refractivity contribution in [1.29, 1.82) is 0 Å². The Labute approximate surface area is 149 Å². The third kappa shape index (κ3) is 9.81. The van der Waals surface area contributed by atoms with E-state index in [1.165, 1.54) is 0 Å². The summed E-state index contributed by atoms with van der Waals surface area (Å²) < 4.78 is 0. The quantitative estimate of drug-likeness (QED) is 0.192. The fourth-order valence-corrected chi connectivity index (χ4v) is 2.79. The summed E-state index contributed by atoms with van der Waals surface area (Å²) in [5.74, 6) is -0.998. The summed E-state index contributed by atoms with van der Waals surface area (Å²) >= 11 is 0. The van der Waals surface area contributed by atoms with Crippen molar-refractivity contribution >= 4 is 0 Å². The lowest BCUT2D eigenvalue weighted by Gasteiger charge is -2.31. The van der Waals surface area contributed by atoms with Crippen LogP contribution in [0.4, 0.5) is 0 Å². The van der Waals surface area contributed by atoms with E-state index in [2.05, 4.69) is 0 Å². The Hall–Kier alpha value is -0.320. The predicted octanol–water partition coefficient (Wildman–Crippen LogP) is -1.64. The van der Waals surface area contributed by atoms with E-state index >= 15 is 0 Å². The average Bonchev–Trinajstić information content (AvgIpc) is 2.51. The van der Waals surface area contributed by atoms with Crippen LogP contribution in [-0.2, 0) is 0 Å². The van der Waals surface area contributed by atoms with Crippen molar-refractivity contribution in [3.05, 3.63) is 0 Å². The summed E-state index contributed by atoms with van der Waals surface area (Å²) in [7, 11) is 0. The third-order valence-electron chi connectivity index (χ3n) is 4.80. The topological polar surface area (TPSA) is 162 Å². The smallest absolute Gasteiger partial charge is 0.0795 e. The highest BCUT2D eigenvalue weighted by molar-refractivity contribution is 4.81. The maximum absolute atomic E-state index is 10.1. The van der Waals surface area contributed by atoms with E-state index in [0.717, 1.165) is 0 Å². The van der Waals surface area contributed by atoms with Gasteiger partial charge in [-0.25, -0.2) is 0 Å². The lowest BCUT2D eigenvalue weighted by molar-refractivity contribution is -0.0558. The molecule has 0 aliphatic heterocycles. The Bertz CT molecular complexity index is 341. The van der Waals surface area contributed by atoms with Gasteiger partial charge in [-0.2, -0.15) is 0 Å². The van der Waals surface area contributed by atoms with E-state index in [9.17, 15) is 35.7 Å². The van der Waals surface area contributed by atoms with E-state index in [0.29, 0.717) is 0 Å². The first-order chi connectivity index (χ1) is 11.5. The molecule has 25 heavy (non-hydrogen) atoms. The molecule has 9 unspecified atom stereocenters. The summed E-state index contributed by atoms with van der Waals surface area (Å²) in [5, 5.41) is 77.2. The summed E-state index contributed by atoms with van der Waals surface area (Å²) in [4.78, 5) is 0. The lowest BCUT2D eigenvalue weighted by Crippen LogP contribution is -2.39. The number of aliphatic hydroxyl groups is 8. The minimum atomic E-state index is -1.06. The van der Waals surface area contributed by atoms with Crippen molar-refractivity contribution in [3.63, 3.8) is 0 Å². The number of aliphatic hydroxyl groups excluding tert-OH is 8. The van der Waals surface area contributed by atoms with E-state index in [1.54, 1.807) is 20.8 Å². The molecule has 0 saturated heterocycles. The number of rotatable bonds is 13. The monoisotopic (exact) mass is 368 g/mol. The second kappa shape index (κ2) is 12.1. The van der Waals surface area contributed by atoms with Gasteiger partial charge >= 0.3 is 0 Å². The van der Waals surface area contributed by atoms with Crippen LogP contribution in [0.15, 0.2) is 0 Å². The van der Waals surface area contributed by atoms with Crippen LogP contribution in [0, 0.1) is 11.8 Å². The highest BCUT2D eigenvalue weighted by Gasteiger charge is 2.31. The molecule has 0 aliphatic carbocycles. The molecule has 0 spiro atoms. The molecule has 0 saturated carbocycles. The molecular formula is C17H36O8. The molecule has 8 nitrogen and oxygen atoms in total. The van der Waals surface area contributed by atoms with Crippen molar-refractivity contribution in [1.82, 2.24) is 0 Å². The van der Waals surface area contributed by atoms with Crippen LogP contribution in [0.2, 0.25) is 0 Å². The Morgan fingerprint density at radius 1 is 0.560 bits per heavy atom. The molecule has 0 amide bonds. The van der Waals surface area contributed by atoms with Crippen LogP contribution in [-0.4, -0.2) is 90.2 Å². The fourth-order valence-electron chi connectivity index (χ4n) is 2.79. The zero-order valence-corrected chi connectivity index (χ0v) is 15.3. The van der Waals surface area contributed by atoms with Gasteiger partial charge in [-0.05, 0) is 26.2 Å². The molecule has 0 aliphatic rings. The molecule has 0 bridgehead atoms. The van der Waals surface area contributed by atoms with Crippen LogP contribution in [0.3, 0.4) is 0 Å². The minimum absolute atomic E-state index is 0.0584. The minimum Gasteiger partial charge on any atom is -0.394 e. The largest absolute Gasteiger partial charge is 0.394 e. The molecule has 152 valence electrons. The van der Waals surface area contributed by atoms with Crippen LogP contribution < -0.4 is 0 Å². The molecule has 0 fully saturated rings. The molecule has 0 aromatic carbocycles.